The number of likely N-dealkylation sites (tertiary alicyclic amines) is 1. The lowest BCUT2D eigenvalue weighted by atomic mass is 9.95. The molecule has 0 radical (unpaired) electrons. The Balaban J connectivity index is 1.68. The van der Waals surface area contributed by atoms with Crippen molar-refractivity contribution >= 4 is 11.9 Å². The number of hydrogen-bond donors (Lipinski definition) is 2. The number of likely N-dealkylation sites (N-methyl/N-ethyl adjacent to an activating group) is 1. The monoisotopic (exact) mass is 352 g/mol. The summed E-state index contributed by atoms with van der Waals surface area (Å²) in [6.07, 6.45) is 5.05. The van der Waals surface area contributed by atoms with E-state index in [2.05, 4.69) is 32.1 Å². The van der Waals surface area contributed by atoms with E-state index in [0.717, 1.165) is 51.4 Å². The summed E-state index contributed by atoms with van der Waals surface area (Å²) in [7, 11) is 4.05. The summed E-state index contributed by atoms with van der Waals surface area (Å²) in [5.41, 5.74) is 5.36. The van der Waals surface area contributed by atoms with E-state index in [1.165, 1.54) is 32.6 Å². The number of carbonyl (C=O) groups is 1. The van der Waals surface area contributed by atoms with Crippen LogP contribution in [-0.4, -0.2) is 93.0 Å². The second-order valence-electron chi connectivity index (χ2n) is 7.45. The molecule has 144 valence electrons. The van der Waals surface area contributed by atoms with Gasteiger partial charge in [0, 0.05) is 46.2 Å². The second kappa shape index (κ2) is 10.6. The third-order valence-electron chi connectivity index (χ3n) is 5.27. The van der Waals surface area contributed by atoms with Gasteiger partial charge >= 0.3 is 0 Å². The van der Waals surface area contributed by atoms with Crippen LogP contribution < -0.4 is 11.1 Å². The van der Waals surface area contributed by atoms with Crippen molar-refractivity contribution in [3.05, 3.63) is 0 Å². The zero-order valence-corrected chi connectivity index (χ0v) is 16.0. The summed E-state index contributed by atoms with van der Waals surface area (Å²) >= 11 is 0. The Morgan fingerprint density at radius 2 is 2.04 bits per heavy atom. The standard InChI is InChI=1S/C18H36N6O/c1-20-18(24-11-3-6-16(15-24)14-17(19)25)21-7-4-9-23-10-5-8-22(2)12-13-23/h16H,3-15H2,1-2H3,(H2,19,25)(H,20,21). The van der Waals surface area contributed by atoms with Crippen LogP contribution in [0.25, 0.3) is 0 Å². The van der Waals surface area contributed by atoms with E-state index >= 15 is 0 Å². The minimum atomic E-state index is -0.196. The maximum atomic E-state index is 11.2. The van der Waals surface area contributed by atoms with Crippen molar-refractivity contribution in [1.29, 1.82) is 0 Å². The van der Waals surface area contributed by atoms with Gasteiger partial charge in [-0.15, -0.1) is 0 Å². The van der Waals surface area contributed by atoms with Gasteiger partial charge in [-0.1, -0.05) is 0 Å². The highest BCUT2D eigenvalue weighted by Crippen LogP contribution is 2.19. The van der Waals surface area contributed by atoms with E-state index < -0.39 is 0 Å². The molecule has 1 amide bonds. The summed E-state index contributed by atoms with van der Waals surface area (Å²) in [6, 6.07) is 0. The van der Waals surface area contributed by atoms with Gasteiger partial charge in [-0.3, -0.25) is 9.79 Å². The summed E-state index contributed by atoms with van der Waals surface area (Å²) in [6.45, 7) is 8.73. The lowest BCUT2D eigenvalue weighted by Gasteiger charge is -2.34. The van der Waals surface area contributed by atoms with Gasteiger partial charge in [-0.2, -0.15) is 0 Å². The number of nitrogens with two attached hydrogens (primary N) is 1. The van der Waals surface area contributed by atoms with Crippen molar-refractivity contribution in [3.63, 3.8) is 0 Å². The normalized spacial score (nSPS) is 24.2. The summed E-state index contributed by atoms with van der Waals surface area (Å²) in [4.78, 5) is 22.9. The highest BCUT2D eigenvalue weighted by molar-refractivity contribution is 5.80. The topological polar surface area (TPSA) is 77.2 Å². The molecule has 0 aromatic rings. The van der Waals surface area contributed by atoms with Gasteiger partial charge < -0.3 is 25.8 Å². The number of aliphatic imine (C=N–C) groups is 1. The minimum absolute atomic E-state index is 0.196. The van der Waals surface area contributed by atoms with Crippen molar-refractivity contribution in [2.45, 2.75) is 32.1 Å². The van der Waals surface area contributed by atoms with E-state index in [9.17, 15) is 4.79 Å². The third kappa shape index (κ3) is 7.20. The molecular weight excluding hydrogens is 316 g/mol. The number of primary amides is 1. The smallest absolute Gasteiger partial charge is 0.217 e. The van der Waals surface area contributed by atoms with Gasteiger partial charge in [-0.05, 0) is 58.3 Å². The molecular formula is C18H36N6O. The van der Waals surface area contributed by atoms with Crippen LogP contribution in [0.2, 0.25) is 0 Å². The molecule has 7 nitrogen and oxygen atoms in total. The van der Waals surface area contributed by atoms with Crippen molar-refractivity contribution in [2.24, 2.45) is 16.6 Å². The molecule has 0 aromatic heterocycles. The Hall–Kier alpha value is -1.34. The highest BCUT2D eigenvalue weighted by Gasteiger charge is 2.23. The molecule has 2 rings (SSSR count). The number of hydrogen-bond acceptors (Lipinski definition) is 4. The molecule has 0 aromatic carbocycles. The van der Waals surface area contributed by atoms with Gasteiger partial charge in [0.05, 0.1) is 0 Å². The largest absolute Gasteiger partial charge is 0.370 e. The van der Waals surface area contributed by atoms with Crippen LogP contribution >= 0.6 is 0 Å². The number of piperidine rings is 1. The zero-order chi connectivity index (χ0) is 18.1. The fourth-order valence-electron chi connectivity index (χ4n) is 3.87. The first-order chi connectivity index (χ1) is 12.1. The minimum Gasteiger partial charge on any atom is -0.370 e. The zero-order valence-electron chi connectivity index (χ0n) is 16.0. The summed E-state index contributed by atoms with van der Waals surface area (Å²) in [5, 5.41) is 3.50. The molecule has 0 bridgehead atoms. The molecule has 2 aliphatic rings. The predicted octanol–water partition coefficient (Wildman–Crippen LogP) is 0.177. The number of amides is 1. The first-order valence-corrected chi connectivity index (χ1v) is 9.73. The second-order valence-corrected chi connectivity index (χ2v) is 7.45. The van der Waals surface area contributed by atoms with E-state index in [-0.39, 0.29) is 5.91 Å². The molecule has 1 unspecified atom stereocenters. The molecule has 0 saturated carbocycles. The van der Waals surface area contributed by atoms with Gasteiger partial charge in [0.2, 0.25) is 5.91 Å². The molecule has 2 aliphatic heterocycles. The first-order valence-electron chi connectivity index (χ1n) is 9.73. The van der Waals surface area contributed by atoms with Gasteiger partial charge in [-0.25, -0.2) is 0 Å². The Morgan fingerprint density at radius 3 is 2.80 bits per heavy atom. The van der Waals surface area contributed by atoms with Crippen LogP contribution in [0.15, 0.2) is 4.99 Å². The Labute approximate surface area is 152 Å². The average molecular weight is 353 g/mol. The average Bonchev–Trinajstić information content (AvgIpc) is 2.79. The van der Waals surface area contributed by atoms with E-state index in [1.807, 2.05) is 7.05 Å². The van der Waals surface area contributed by atoms with Crippen LogP contribution in [0.4, 0.5) is 0 Å². The fraction of sp³-hybridized carbons (Fsp3) is 0.889. The first kappa shape index (κ1) is 20.0. The van der Waals surface area contributed by atoms with Crippen LogP contribution in [0, 0.1) is 5.92 Å². The predicted molar refractivity (Wildman–Crippen MR) is 103 cm³/mol. The number of carbonyl (C=O) groups excluding carboxylic acids is 1. The molecule has 2 heterocycles. The fourth-order valence-corrected chi connectivity index (χ4v) is 3.87. The maximum absolute atomic E-state index is 11.2. The Morgan fingerprint density at radius 1 is 1.20 bits per heavy atom. The summed E-state index contributed by atoms with van der Waals surface area (Å²) < 4.78 is 0. The van der Waals surface area contributed by atoms with Crippen LogP contribution in [0.5, 0.6) is 0 Å². The lowest BCUT2D eigenvalue weighted by Crippen LogP contribution is -2.47. The number of nitrogens with zero attached hydrogens (tertiary/aromatic N) is 4. The van der Waals surface area contributed by atoms with E-state index in [4.69, 9.17) is 5.73 Å². The van der Waals surface area contributed by atoms with Gasteiger partial charge in [0.1, 0.15) is 0 Å². The van der Waals surface area contributed by atoms with E-state index in [1.54, 1.807) is 0 Å². The molecule has 0 spiro atoms. The van der Waals surface area contributed by atoms with Gasteiger partial charge in [0.25, 0.3) is 0 Å². The van der Waals surface area contributed by atoms with E-state index in [0.29, 0.717) is 12.3 Å². The highest BCUT2D eigenvalue weighted by atomic mass is 16.1. The van der Waals surface area contributed by atoms with Gasteiger partial charge in [0.15, 0.2) is 5.96 Å². The van der Waals surface area contributed by atoms with Crippen molar-refractivity contribution in [1.82, 2.24) is 20.0 Å². The Kier molecular flexibility index (Phi) is 8.48. The van der Waals surface area contributed by atoms with Crippen molar-refractivity contribution in [3.8, 4) is 0 Å². The van der Waals surface area contributed by atoms with Crippen LogP contribution in [-0.2, 0) is 4.79 Å². The SMILES string of the molecule is CN=C(NCCCN1CCCN(C)CC1)N1CCCC(CC(N)=O)C1. The van der Waals surface area contributed by atoms with Crippen molar-refractivity contribution in [2.75, 3.05) is 66.5 Å². The number of nitrogens with one attached hydrogen (secondary N) is 1. The molecule has 1 atom stereocenters. The molecule has 25 heavy (non-hydrogen) atoms. The third-order valence-corrected chi connectivity index (χ3v) is 5.27. The maximum Gasteiger partial charge on any atom is 0.217 e. The number of rotatable bonds is 6. The number of guanidine groups is 1. The summed E-state index contributed by atoms with van der Waals surface area (Å²) in [5.74, 6) is 1.13. The Bertz CT molecular complexity index is 441. The molecule has 0 aliphatic carbocycles. The van der Waals surface area contributed by atoms with Crippen LogP contribution in [0.3, 0.4) is 0 Å². The van der Waals surface area contributed by atoms with Crippen molar-refractivity contribution < 1.29 is 4.79 Å². The lowest BCUT2D eigenvalue weighted by molar-refractivity contribution is -0.119. The van der Waals surface area contributed by atoms with Crippen LogP contribution in [0.1, 0.15) is 32.1 Å². The molecule has 2 fully saturated rings. The molecule has 7 heteroatoms. The quantitative estimate of drug-likeness (QED) is 0.405. The molecule has 2 saturated heterocycles. The molecule has 3 N–H and O–H groups in total.